The Morgan fingerprint density at radius 2 is 1.71 bits per heavy atom. The van der Waals surface area contributed by atoms with Crippen molar-refractivity contribution < 1.29 is 71.9 Å². The Morgan fingerprint density at radius 1 is 1.57 bits per heavy atom. The van der Waals surface area contributed by atoms with Crippen molar-refractivity contribution in [1.82, 2.24) is 0 Å². The van der Waals surface area contributed by atoms with E-state index in [4.69, 9.17) is 15.0 Å². The molecule has 38 valence electrons. The van der Waals surface area contributed by atoms with Crippen molar-refractivity contribution in [2.45, 2.75) is 0 Å². The van der Waals surface area contributed by atoms with Gasteiger partial charge in [-0.2, -0.15) is 0 Å². The number of aliphatic hydroxyl groups is 1. The average Bonchev–Trinajstić information content (AvgIpc) is 1.38. The topological polar surface area (TPSA) is 87.5 Å². The van der Waals surface area contributed by atoms with Crippen LogP contribution in [-0.2, 0) is 4.79 Å². The molecule has 3 N–H and O–H groups in total. The van der Waals surface area contributed by atoms with Crippen LogP contribution < -0.4 is 51.4 Å². The molecule has 4 nitrogen and oxygen atoms in total. The molecule has 0 spiro atoms. The van der Waals surface area contributed by atoms with E-state index in [0.29, 0.717) is 0 Å². The molecule has 0 bridgehead atoms. The van der Waals surface area contributed by atoms with Gasteiger partial charge >= 0.3 is 57.4 Å². The van der Waals surface area contributed by atoms with E-state index in [1.807, 2.05) is 0 Å². The molecule has 0 heterocycles. The third kappa shape index (κ3) is 19.4. The molecule has 0 radical (unpaired) electrons. The molecule has 0 amide bonds. The Hall–Kier alpha value is 1.03. The second-order valence-electron chi connectivity index (χ2n) is 0.552. The molecule has 0 atom stereocenters. The zero-order valence-electron chi connectivity index (χ0n) is 3.96. The number of hydrogen-bond acceptors (Lipinski definition) is 3. The normalized spacial score (nSPS) is 5.29. The van der Waals surface area contributed by atoms with Crippen LogP contribution in [-0.4, -0.2) is 28.3 Å². The Morgan fingerprint density at radius 3 is 1.71 bits per heavy atom. The minimum atomic E-state index is -1.19. The van der Waals surface area contributed by atoms with Crippen molar-refractivity contribution >= 4 is 5.97 Å². The van der Waals surface area contributed by atoms with Crippen LogP contribution in [0.5, 0.6) is 0 Å². The largest absolute Gasteiger partial charge is 1.00 e. The van der Waals surface area contributed by atoms with Crippen LogP contribution in [0.1, 0.15) is 0 Å². The van der Waals surface area contributed by atoms with Crippen LogP contribution in [0.3, 0.4) is 0 Å². The van der Waals surface area contributed by atoms with Crippen molar-refractivity contribution in [2.75, 3.05) is 6.61 Å². The number of rotatable bonds is 1. The molecule has 0 unspecified atom stereocenters. The zero-order valence-corrected chi connectivity index (χ0v) is 7.08. The van der Waals surface area contributed by atoms with E-state index in [-0.39, 0.29) is 56.9 Å². The second kappa shape index (κ2) is 10.1. The third-order valence-corrected chi connectivity index (χ3v) is 0.135. The van der Waals surface area contributed by atoms with Crippen molar-refractivity contribution in [3.63, 3.8) is 0 Å². The maximum absolute atomic E-state index is 9.12. The molecule has 0 aromatic rings. The first kappa shape index (κ1) is 15.7. The molecule has 0 saturated heterocycles. The van der Waals surface area contributed by atoms with Gasteiger partial charge in [0.2, 0.25) is 0 Å². The standard InChI is InChI=1S/C2H4O3.K.H2O/c3-1-2(4)5;;/h3H,1H2,(H,4,5);;1H2/q;+1;/p-1. The van der Waals surface area contributed by atoms with E-state index < -0.39 is 12.6 Å². The second-order valence-corrected chi connectivity index (χ2v) is 0.552. The Labute approximate surface area is 83.3 Å². The summed E-state index contributed by atoms with van der Waals surface area (Å²) >= 11 is 0. The molecule has 0 aromatic heterocycles. The summed E-state index contributed by atoms with van der Waals surface area (Å²) < 4.78 is 0. The van der Waals surface area contributed by atoms with E-state index >= 15 is 0 Å². The van der Waals surface area contributed by atoms with Crippen LogP contribution in [0, 0.1) is 0 Å². The molecule has 0 aliphatic rings. The van der Waals surface area contributed by atoms with Gasteiger partial charge in [0.25, 0.3) is 0 Å². The first-order chi connectivity index (χ1) is 2.27. The summed E-state index contributed by atoms with van der Waals surface area (Å²) in [6.45, 7) is -0.778. The summed E-state index contributed by atoms with van der Waals surface area (Å²) in [5, 5.41) is 15.0. The molecule has 7 heavy (non-hydrogen) atoms. The van der Waals surface area contributed by atoms with Gasteiger partial charge in [-0.25, -0.2) is 4.79 Å². The van der Waals surface area contributed by atoms with Gasteiger partial charge in [0.15, 0.2) is 0 Å². The van der Waals surface area contributed by atoms with Crippen LogP contribution in [0.25, 0.3) is 0 Å². The Balaban J connectivity index is -0.0000000800. The van der Waals surface area contributed by atoms with Gasteiger partial charge in [-0.05, 0) is 0 Å². The van der Waals surface area contributed by atoms with Gasteiger partial charge in [0.1, 0.15) is 6.61 Å². The van der Waals surface area contributed by atoms with Gasteiger partial charge in [-0.1, -0.05) is 0 Å². The molecule has 0 rings (SSSR count). The number of carboxylic acid groups (broad SMARTS) is 1. The predicted octanol–water partition coefficient (Wildman–Crippen LogP) is -4.11. The molecule has 0 saturated carbocycles. The van der Waals surface area contributed by atoms with Crippen LogP contribution >= 0.6 is 0 Å². The van der Waals surface area contributed by atoms with Gasteiger partial charge in [-0.3, -0.25) is 0 Å². The van der Waals surface area contributed by atoms with Gasteiger partial charge in [0.05, 0.1) is 0 Å². The quantitative estimate of drug-likeness (QED) is 0.355. The summed E-state index contributed by atoms with van der Waals surface area (Å²) in [4.78, 5) is 9.12. The van der Waals surface area contributed by atoms with E-state index in [9.17, 15) is 0 Å². The number of hydrogen-bond donors (Lipinski definition) is 2. The summed E-state index contributed by atoms with van der Waals surface area (Å²) in [6, 6.07) is 0. The molecule has 5 heteroatoms. The molecule has 0 aliphatic heterocycles. The number of carboxylic acids is 1. The monoisotopic (exact) mass is 132 g/mol. The molecule has 0 aliphatic carbocycles. The van der Waals surface area contributed by atoms with E-state index in [1.165, 1.54) is 0 Å². The fourth-order valence-corrected chi connectivity index (χ4v) is 0. The van der Waals surface area contributed by atoms with Crippen molar-refractivity contribution in [2.24, 2.45) is 0 Å². The summed E-state index contributed by atoms with van der Waals surface area (Å²) in [5.41, 5.74) is 0. The van der Waals surface area contributed by atoms with E-state index in [2.05, 4.69) is 0 Å². The molecule has 0 fully saturated rings. The first-order valence-electron chi connectivity index (χ1n) is 1.10. The minimum absolute atomic E-state index is 0. The van der Waals surface area contributed by atoms with Gasteiger partial charge < -0.3 is 15.7 Å². The van der Waals surface area contributed by atoms with Crippen LogP contribution in [0.15, 0.2) is 0 Å². The van der Waals surface area contributed by atoms with Crippen LogP contribution in [0.4, 0.5) is 0 Å². The maximum Gasteiger partial charge on any atom is 1.00 e. The smallest absolute Gasteiger partial charge is 0.870 e. The molecular weight excluding hydrogens is 127 g/mol. The summed E-state index contributed by atoms with van der Waals surface area (Å²) in [6.07, 6.45) is 0. The predicted molar refractivity (Wildman–Crippen MR) is 16.7 cm³/mol. The zero-order chi connectivity index (χ0) is 4.28. The Kier molecular flexibility index (Phi) is 22.6. The maximum atomic E-state index is 9.12. The van der Waals surface area contributed by atoms with Crippen molar-refractivity contribution in [3.8, 4) is 0 Å². The van der Waals surface area contributed by atoms with Gasteiger partial charge in [-0.15, -0.1) is 0 Å². The minimum Gasteiger partial charge on any atom is -0.870 e. The van der Waals surface area contributed by atoms with E-state index in [0.717, 1.165) is 0 Å². The molecular formula is C2H5KO4. The SMILES string of the molecule is O=C(O)CO.[K+].[OH-]. The van der Waals surface area contributed by atoms with Crippen molar-refractivity contribution in [3.05, 3.63) is 0 Å². The van der Waals surface area contributed by atoms with Gasteiger partial charge in [0, 0.05) is 0 Å². The van der Waals surface area contributed by atoms with Crippen molar-refractivity contribution in [1.29, 1.82) is 0 Å². The number of aliphatic carboxylic acids is 1. The third-order valence-electron chi connectivity index (χ3n) is 0.135. The average molecular weight is 132 g/mol. The summed E-state index contributed by atoms with van der Waals surface area (Å²) in [7, 11) is 0. The summed E-state index contributed by atoms with van der Waals surface area (Å²) in [5.74, 6) is -1.19. The number of aliphatic hydroxyl groups excluding tert-OH is 1. The molecule has 0 aromatic carbocycles. The Bertz CT molecular complexity index is 45.0. The first-order valence-corrected chi connectivity index (χ1v) is 1.10. The van der Waals surface area contributed by atoms with Crippen LogP contribution in [0.2, 0.25) is 0 Å². The fourth-order valence-electron chi connectivity index (χ4n) is 0. The number of carbonyl (C=O) groups is 1. The fraction of sp³-hybridized carbons (Fsp3) is 0.500. The van der Waals surface area contributed by atoms with E-state index in [1.54, 1.807) is 0 Å².